The van der Waals surface area contributed by atoms with Gasteiger partial charge in [-0.25, -0.2) is 0 Å². The number of nitrogens with one attached hydrogen (secondary N) is 1. The summed E-state index contributed by atoms with van der Waals surface area (Å²) in [6.07, 6.45) is 3.55. The number of aryl methyl sites for hydroxylation is 1. The van der Waals surface area contributed by atoms with E-state index in [1.54, 1.807) is 0 Å². The molecule has 1 rings (SSSR count). The topological polar surface area (TPSA) is 60.1 Å². The summed E-state index contributed by atoms with van der Waals surface area (Å²) < 4.78 is 2.23. The Balaban J connectivity index is 2.54. The maximum Gasteiger partial charge on any atom is 0.219 e. The van der Waals surface area contributed by atoms with Crippen molar-refractivity contribution in [2.45, 2.75) is 52.2 Å². The third-order valence-electron chi connectivity index (χ3n) is 2.75. The van der Waals surface area contributed by atoms with Crippen LogP contribution in [0.5, 0.6) is 0 Å². The zero-order valence-corrected chi connectivity index (χ0v) is 11.0. The van der Waals surface area contributed by atoms with E-state index in [0.29, 0.717) is 6.42 Å². The molecule has 3 N–H and O–H groups in total. The number of primary amides is 1. The Morgan fingerprint density at radius 2 is 2.24 bits per heavy atom. The molecule has 0 spiro atoms. The molecular weight excluding hydrogens is 214 g/mol. The van der Waals surface area contributed by atoms with Gasteiger partial charge in [-0.1, -0.05) is 6.92 Å². The van der Waals surface area contributed by atoms with Crippen molar-refractivity contribution in [3.63, 3.8) is 0 Å². The quantitative estimate of drug-likeness (QED) is 0.757. The first-order chi connectivity index (χ1) is 7.94. The van der Waals surface area contributed by atoms with E-state index in [9.17, 15) is 4.79 Å². The van der Waals surface area contributed by atoms with Crippen molar-refractivity contribution in [1.29, 1.82) is 0 Å². The summed E-state index contributed by atoms with van der Waals surface area (Å²) in [5.41, 5.74) is 6.20. The monoisotopic (exact) mass is 237 g/mol. The number of aromatic nitrogens is 1. The third-order valence-corrected chi connectivity index (χ3v) is 2.75. The second-order valence-corrected chi connectivity index (χ2v) is 5.07. The number of carbonyl (C=O) groups excluding carboxylic acids is 1. The largest absolute Gasteiger partial charge is 0.370 e. The minimum absolute atomic E-state index is 0.257. The number of hydrogen-bond donors (Lipinski definition) is 2. The number of carbonyl (C=O) groups is 1. The molecule has 0 saturated heterocycles. The van der Waals surface area contributed by atoms with Gasteiger partial charge in [-0.05, 0) is 32.4 Å². The standard InChI is InChI=1S/C13H23N3O/c1-4-7-16-8-5-6-11(16)10-15-13(2,3)9-12(14)17/h5-6,8,15H,4,7,9-10H2,1-3H3,(H2,14,17). The van der Waals surface area contributed by atoms with Crippen LogP contribution >= 0.6 is 0 Å². The Hall–Kier alpha value is -1.29. The van der Waals surface area contributed by atoms with Gasteiger partial charge >= 0.3 is 0 Å². The summed E-state index contributed by atoms with van der Waals surface area (Å²) in [6.45, 7) is 7.93. The lowest BCUT2D eigenvalue weighted by atomic mass is 10.0. The van der Waals surface area contributed by atoms with Gasteiger partial charge in [-0.2, -0.15) is 0 Å². The molecule has 0 aliphatic heterocycles. The minimum atomic E-state index is -0.272. The van der Waals surface area contributed by atoms with Crippen LogP contribution in [-0.4, -0.2) is 16.0 Å². The average Bonchev–Trinajstić information content (AvgIpc) is 2.61. The van der Waals surface area contributed by atoms with Crippen LogP contribution in [0.2, 0.25) is 0 Å². The van der Waals surface area contributed by atoms with Gasteiger partial charge in [0, 0.05) is 36.9 Å². The van der Waals surface area contributed by atoms with Gasteiger partial charge in [0.25, 0.3) is 0 Å². The Morgan fingerprint density at radius 3 is 2.82 bits per heavy atom. The fraction of sp³-hybridized carbons (Fsp3) is 0.615. The predicted octanol–water partition coefficient (Wildman–Crippen LogP) is 1.64. The molecule has 0 radical (unpaired) electrons. The van der Waals surface area contributed by atoms with E-state index in [0.717, 1.165) is 19.5 Å². The van der Waals surface area contributed by atoms with Gasteiger partial charge in [0.1, 0.15) is 0 Å². The zero-order chi connectivity index (χ0) is 12.9. The zero-order valence-electron chi connectivity index (χ0n) is 11.0. The molecule has 1 heterocycles. The van der Waals surface area contributed by atoms with Gasteiger partial charge in [0.05, 0.1) is 0 Å². The highest BCUT2D eigenvalue weighted by Crippen LogP contribution is 2.10. The van der Waals surface area contributed by atoms with Crippen molar-refractivity contribution in [3.8, 4) is 0 Å². The van der Waals surface area contributed by atoms with Crippen molar-refractivity contribution in [2.75, 3.05) is 0 Å². The molecule has 0 aromatic carbocycles. The Morgan fingerprint density at radius 1 is 1.53 bits per heavy atom. The molecule has 1 amide bonds. The molecule has 4 heteroatoms. The molecule has 4 nitrogen and oxygen atoms in total. The summed E-state index contributed by atoms with van der Waals surface area (Å²) in [7, 11) is 0. The van der Waals surface area contributed by atoms with E-state index in [1.807, 2.05) is 19.9 Å². The summed E-state index contributed by atoms with van der Waals surface area (Å²) in [6, 6.07) is 4.15. The number of nitrogens with two attached hydrogens (primary N) is 1. The smallest absolute Gasteiger partial charge is 0.219 e. The van der Waals surface area contributed by atoms with Crippen LogP contribution in [0.15, 0.2) is 18.3 Å². The van der Waals surface area contributed by atoms with Crippen LogP contribution in [0.3, 0.4) is 0 Å². The van der Waals surface area contributed by atoms with Crippen molar-refractivity contribution in [2.24, 2.45) is 5.73 Å². The van der Waals surface area contributed by atoms with Crippen molar-refractivity contribution >= 4 is 5.91 Å². The molecule has 0 saturated carbocycles. The van der Waals surface area contributed by atoms with Crippen molar-refractivity contribution in [1.82, 2.24) is 9.88 Å². The lowest BCUT2D eigenvalue weighted by molar-refractivity contribution is -0.119. The summed E-state index contributed by atoms with van der Waals surface area (Å²) in [4.78, 5) is 10.9. The lowest BCUT2D eigenvalue weighted by Crippen LogP contribution is -2.42. The second-order valence-electron chi connectivity index (χ2n) is 5.07. The Labute approximate surface area is 103 Å². The second kappa shape index (κ2) is 5.87. The van der Waals surface area contributed by atoms with Crippen LogP contribution in [0, 0.1) is 0 Å². The third kappa shape index (κ3) is 4.61. The van der Waals surface area contributed by atoms with Crippen LogP contribution in [0.4, 0.5) is 0 Å². The normalized spacial score (nSPS) is 11.7. The highest BCUT2D eigenvalue weighted by Gasteiger charge is 2.19. The van der Waals surface area contributed by atoms with E-state index < -0.39 is 0 Å². The average molecular weight is 237 g/mol. The Bertz CT molecular complexity index is 368. The molecule has 1 aromatic rings. The van der Waals surface area contributed by atoms with E-state index >= 15 is 0 Å². The molecule has 0 aliphatic rings. The predicted molar refractivity (Wildman–Crippen MR) is 69.5 cm³/mol. The Kier molecular flexibility index (Phi) is 4.75. The first-order valence-electron chi connectivity index (χ1n) is 6.12. The maximum absolute atomic E-state index is 10.9. The highest BCUT2D eigenvalue weighted by atomic mass is 16.1. The van der Waals surface area contributed by atoms with E-state index in [2.05, 4.69) is 29.1 Å². The SMILES string of the molecule is CCCn1cccc1CNC(C)(C)CC(N)=O. The van der Waals surface area contributed by atoms with Crippen LogP contribution in [0.1, 0.15) is 39.3 Å². The number of amides is 1. The van der Waals surface area contributed by atoms with Gasteiger partial charge < -0.3 is 15.6 Å². The summed E-state index contributed by atoms with van der Waals surface area (Å²) in [5.74, 6) is -0.272. The maximum atomic E-state index is 10.9. The first-order valence-corrected chi connectivity index (χ1v) is 6.12. The lowest BCUT2D eigenvalue weighted by Gasteiger charge is -2.25. The van der Waals surface area contributed by atoms with E-state index in [4.69, 9.17) is 5.73 Å². The van der Waals surface area contributed by atoms with E-state index in [1.165, 1.54) is 5.69 Å². The fourth-order valence-corrected chi connectivity index (χ4v) is 1.90. The molecule has 17 heavy (non-hydrogen) atoms. The molecular formula is C13H23N3O. The van der Waals surface area contributed by atoms with Crippen LogP contribution in [-0.2, 0) is 17.9 Å². The minimum Gasteiger partial charge on any atom is -0.370 e. The summed E-state index contributed by atoms with van der Waals surface area (Å²) >= 11 is 0. The molecule has 0 unspecified atom stereocenters. The molecule has 0 bridgehead atoms. The fourth-order valence-electron chi connectivity index (χ4n) is 1.90. The van der Waals surface area contributed by atoms with Gasteiger partial charge in [-0.15, -0.1) is 0 Å². The van der Waals surface area contributed by atoms with Gasteiger partial charge in [-0.3, -0.25) is 4.79 Å². The van der Waals surface area contributed by atoms with E-state index in [-0.39, 0.29) is 11.4 Å². The number of hydrogen-bond acceptors (Lipinski definition) is 2. The molecule has 1 aromatic heterocycles. The summed E-state index contributed by atoms with van der Waals surface area (Å²) in [5, 5.41) is 3.37. The van der Waals surface area contributed by atoms with Crippen LogP contribution < -0.4 is 11.1 Å². The van der Waals surface area contributed by atoms with Crippen molar-refractivity contribution < 1.29 is 4.79 Å². The van der Waals surface area contributed by atoms with Gasteiger partial charge in [0.2, 0.25) is 5.91 Å². The number of nitrogens with zero attached hydrogens (tertiary/aromatic N) is 1. The van der Waals surface area contributed by atoms with Crippen LogP contribution in [0.25, 0.3) is 0 Å². The molecule has 96 valence electrons. The molecule has 0 atom stereocenters. The van der Waals surface area contributed by atoms with Gasteiger partial charge in [0.15, 0.2) is 0 Å². The van der Waals surface area contributed by atoms with Crippen molar-refractivity contribution in [3.05, 3.63) is 24.0 Å². The number of rotatable bonds is 7. The molecule has 0 aliphatic carbocycles. The first kappa shape index (κ1) is 13.8. The molecule has 0 fully saturated rings. The highest BCUT2D eigenvalue weighted by molar-refractivity contribution is 5.74.